The van der Waals surface area contributed by atoms with Gasteiger partial charge in [-0.2, -0.15) is 13.2 Å². The first-order chi connectivity index (χ1) is 13.7. The maximum Gasteiger partial charge on any atom is 0.389 e. The summed E-state index contributed by atoms with van der Waals surface area (Å²) in [6, 6.07) is 6.16. The highest BCUT2D eigenvalue weighted by Crippen LogP contribution is 2.26. The van der Waals surface area contributed by atoms with Crippen molar-refractivity contribution >= 4 is 23.2 Å². The van der Waals surface area contributed by atoms with E-state index in [4.69, 9.17) is 11.6 Å². The van der Waals surface area contributed by atoms with E-state index in [-0.39, 0.29) is 18.9 Å². The van der Waals surface area contributed by atoms with Crippen LogP contribution in [0.15, 0.2) is 18.2 Å². The van der Waals surface area contributed by atoms with Gasteiger partial charge in [-0.05, 0) is 50.6 Å². The van der Waals surface area contributed by atoms with E-state index in [0.717, 1.165) is 31.9 Å². The van der Waals surface area contributed by atoms with E-state index in [1.54, 1.807) is 18.2 Å². The summed E-state index contributed by atoms with van der Waals surface area (Å²) in [6.45, 7) is 4.17. The molecule has 0 aliphatic carbocycles. The van der Waals surface area contributed by atoms with Crippen molar-refractivity contribution in [2.24, 2.45) is 0 Å². The largest absolute Gasteiger partial charge is 0.389 e. The van der Waals surface area contributed by atoms with Crippen LogP contribution in [0.4, 0.5) is 18.9 Å². The quantitative estimate of drug-likeness (QED) is 0.691. The summed E-state index contributed by atoms with van der Waals surface area (Å²) in [5.41, 5.74) is 1.15. The predicted octanol–water partition coefficient (Wildman–Crippen LogP) is 3.60. The number of hydrogen-bond acceptors (Lipinski definition) is 4. The lowest BCUT2D eigenvalue weighted by Crippen LogP contribution is -2.60. The SMILES string of the molecule is CN(CCCC(F)(F)F)C(=O)c1ccc(NC2CN(C3CCNCC3)C2)cc1Cl. The molecule has 0 bridgehead atoms. The lowest BCUT2D eigenvalue weighted by atomic mass is 9.98. The fourth-order valence-electron chi connectivity index (χ4n) is 3.91. The van der Waals surface area contributed by atoms with E-state index < -0.39 is 12.6 Å². The van der Waals surface area contributed by atoms with Crippen LogP contribution in [0.3, 0.4) is 0 Å². The Morgan fingerprint density at radius 3 is 2.62 bits per heavy atom. The van der Waals surface area contributed by atoms with Crippen molar-refractivity contribution < 1.29 is 18.0 Å². The van der Waals surface area contributed by atoms with Gasteiger partial charge in [0.25, 0.3) is 5.91 Å². The third kappa shape index (κ3) is 6.23. The molecule has 3 rings (SSSR count). The second kappa shape index (κ2) is 9.53. The Hall–Kier alpha value is -1.51. The highest BCUT2D eigenvalue weighted by Gasteiger charge is 2.33. The van der Waals surface area contributed by atoms with E-state index in [9.17, 15) is 18.0 Å². The minimum absolute atomic E-state index is 0.0310. The molecule has 0 atom stereocenters. The Bertz CT molecular complexity index is 703. The Labute approximate surface area is 174 Å². The number of carbonyl (C=O) groups excluding carboxylic acids is 1. The molecule has 1 amide bonds. The van der Waals surface area contributed by atoms with Crippen molar-refractivity contribution in [3.63, 3.8) is 0 Å². The number of hydrogen-bond donors (Lipinski definition) is 2. The molecule has 29 heavy (non-hydrogen) atoms. The molecule has 162 valence electrons. The third-order valence-electron chi connectivity index (χ3n) is 5.61. The fraction of sp³-hybridized carbons (Fsp3) is 0.650. The second-order valence-electron chi connectivity index (χ2n) is 7.92. The number of benzene rings is 1. The number of amides is 1. The van der Waals surface area contributed by atoms with Gasteiger partial charge < -0.3 is 15.5 Å². The summed E-state index contributed by atoms with van der Waals surface area (Å²) in [5, 5.41) is 7.12. The first-order valence-electron chi connectivity index (χ1n) is 10.1. The molecule has 2 aliphatic heterocycles. The molecular formula is C20H28ClF3N4O. The van der Waals surface area contributed by atoms with Gasteiger partial charge in [0.1, 0.15) is 0 Å². The number of anilines is 1. The summed E-state index contributed by atoms with van der Waals surface area (Å²) in [6.07, 6.45) is -2.87. The van der Waals surface area contributed by atoms with Crippen LogP contribution in [0.2, 0.25) is 5.02 Å². The number of carbonyl (C=O) groups is 1. The first-order valence-corrected chi connectivity index (χ1v) is 10.4. The van der Waals surface area contributed by atoms with Crippen LogP contribution in [0, 0.1) is 0 Å². The van der Waals surface area contributed by atoms with Crippen molar-refractivity contribution in [2.75, 3.05) is 45.1 Å². The van der Waals surface area contributed by atoms with Gasteiger partial charge in [-0.25, -0.2) is 0 Å². The maximum absolute atomic E-state index is 12.5. The first kappa shape index (κ1) is 22.2. The van der Waals surface area contributed by atoms with E-state index in [1.165, 1.54) is 24.8 Å². The normalized spacial score (nSPS) is 19.1. The Kier molecular flexibility index (Phi) is 7.29. The Morgan fingerprint density at radius 1 is 1.31 bits per heavy atom. The minimum atomic E-state index is -4.21. The topological polar surface area (TPSA) is 47.6 Å². The molecule has 5 nitrogen and oxygen atoms in total. The second-order valence-corrected chi connectivity index (χ2v) is 8.32. The van der Waals surface area contributed by atoms with E-state index in [0.29, 0.717) is 22.7 Å². The number of nitrogens with zero attached hydrogens (tertiary/aromatic N) is 2. The molecule has 2 N–H and O–H groups in total. The smallest absolute Gasteiger partial charge is 0.380 e. The van der Waals surface area contributed by atoms with Gasteiger partial charge >= 0.3 is 6.18 Å². The summed E-state index contributed by atoms with van der Waals surface area (Å²) in [4.78, 5) is 16.2. The Balaban J connectivity index is 1.47. The van der Waals surface area contributed by atoms with Crippen LogP contribution < -0.4 is 10.6 Å². The van der Waals surface area contributed by atoms with Gasteiger partial charge in [0, 0.05) is 44.8 Å². The standard InChI is InChI=1S/C20H28ClF3N4O/c1-27(10-2-7-20(22,23)24)19(29)17-4-3-14(11-18(17)21)26-15-12-28(13-15)16-5-8-25-9-6-16/h3-4,11,15-16,25-26H,2,5-10,12-13H2,1H3. The van der Waals surface area contributed by atoms with Crippen LogP contribution in [-0.4, -0.2) is 73.7 Å². The maximum atomic E-state index is 12.5. The van der Waals surface area contributed by atoms with Crippen molar-refractivity contribution in [3.05, 3.63) is 28.8 Å². The molecule has 2 heterocycles. The van der Waals surface area contributed by atoms with Crippen molar-refractivity contribution in [3.8, 4) is 0 Å². The van der Waals surface area contributed by atoms with E-state index in [2.05, 4.69) is 15.5 Å². The number of alkyl halides is 3. The molecule has 2 fully saturated rings. The molecule has 9 heteroatoms. The summed E-state index contributed by atoms with van der Waals surface area (Å²) < 4.78 is 36.8. The number of likely N-dealkylation sites (tertiary alicyclic amines) is 1. The summed E-state index contributed by atoms with van der Waals surface area (Å²) in [5.74, 6) is -0.371. The van der Waals surface area contributed by atoms with Crippen LogP contribution >= 0.6 is 11.6 Å². The zero-order valence-electron chi connectivity index (χ0n) is 16.6. The van der Waals surface area contributed by atoms with Gasteiger partial charge in [-0.3, -0.25) is 9.69 Å². The molecular weight excluding hydrogens is 405 g/mol. The highest BCUT2D eigenvalue weighted by molar-refractivity contribution is 6.34. The third-order valence-corrected chi connectivity index (χ3v) is 5.92. The van der Waals surface area contributed by atoms with Gasteiger partial charge in [0.15, 0.2) is 0 Å². The van der Waals surface area contributed by atoms with Gasteiger partial charge in [-0.1, -0.05) is 11.6 Å². The number of halogens is 4. The van der Waals surface area contributed by atoms with Crippen LogP contribution in [-0.2, 0) is 0 Å². The molecule has 2 aliphatic rings. The van der Waals surface area contributed by atoms with Gasteiger partial charge in [-0.15, -0.1) is 0 Å². The fourth-order valence-corrected chi connectivity index (χ4v) is 4.17. The average molecular weight is 433 g/mol. The molecule has 2 saturated heterocycles. The number of nitrogens with one attached hydrogen (secondary N) is 2. The van der Waals surface area contributed by atoms with Crippen molar-refractivity contribution in [2.45, 2.75) is 43.9 Å². The molecule has 0 saturated carbocycles. The molecule has 0 spiro atoms. The van der Waals surface area contributed by atoms with Crippen LogP contribution in [0.25, 0.3) is 0 Å². The highest BCUT2D eigenvalue weighted by atomic mass is 35.5. The zero-order valence-corrected chi connectivity index (χ0v) is 17.3. The summed E-state index contributed by atoms with van der Waals surface area (Å²) in [7, 11) is 1.49. The van der Waals surface area contributed by atoms with Gasteiger partial charge in [0.05, 0.1) is 16.6 Å². The van der Waals surface area contributed by atoms with Crippen LogP contribution in [0.5, 0.6) is 0 Å². The predicted molar refractivity (Wildman–Crippen MR) is 109 cm³/mol. The number of piperidine rings is 1. The summed E-state index contributed by atoms with van der Waals surface area (Å²) >= 11 is 6.29. The average Bonchev–Trinajstić information content (AvgIpc) is 2.63. The van der Waals surface area contributed by atoms with E-state index in [1.807, 2.05) is 0 Å². The Morgan fingerprint density at radius 2 is 2.00 bits per heavy atom. The van der Waals surface area contributed by atoms with Crippen molar-refractivity contribution in [1.29, 1.82) is 0 Å². The molecule has 0 unspecified atom stereocenters. The van der Waals surface area contributed by atoms with Crippen LogP contribution in [0.1, 0.15) is 36.0 Å². The molecule has 1 aromatic rings. The molecule has 1 aromatic carbocycles. The van der Waals surface area contributed by atoms with E-state index >= 15 is 0 Å². The lowest BCUT2D eigenvalue weighted by Gasteiger charge is -2.46. The lowest BCUT2D eigenvalue weighted by molar-refractivity contribution is -0.135. The monoisotopic (exact) mass is 432 g/mol. The van der Waals surface area contributed by atoms with Crippen molar-refractivity contribution in [1.82, 2.24) is 15.1 Å². The molecule has 0 radical (unpaired) electrons. The minimum Gasteiger partial charge on any atom is -0.380 e. The number of rotatable bonds is 7. The zero-order chi connectivity index (χ0) is 21.0. The van der Waals surface area contributed by atoms with Gasteiger partial charge in [0.2, 0.25) is 0 Å². The molecule has 0 aromatic heterocycles.